The Morgan fingerprint density at radius 2 is 2.00 bits per heavy atom. The van der Waals surface area contributed by atoms with Crippen molar-refractivity contribution in [1.82, 2.24) is 4.98 Å². The van der Waals surface area contributed by atoms with Crippen LogP contribution in [0.3, 0.4) is 0 Å². The van der Waals surface area contributed by atoms with Crippen molar-refractivity contribution in [2.75, 3.05) is 10.5 Å². The van der Waals surface area contributed by atoms with Crippen molar-refractivity contribution in [1.29, 1.82) is 0 Å². The summed E-state index contributed by atoms with van der Waals surface area (Å²) in [4.78, 5) is 3.94. The molecule has 5 nitrogen and oxygen atoms in total. The van der Waals surface area contributed by atoms with Gasteiger partial charge in [0.1, 0.15) is 0 Å². The zero-order valence-corrected chi connectivity index (χ0v) is 10.4. The number of nitrogens with one attached hydrogen (secondary N) is 1. The van der Waals surface area contributed by atoms with E-state index in [9.17, 15) is 8.42 Å². The zero-order chi connectivity index (χ0) is 12.3. The first-order valence-corrected chi connectivity index (χ1v) is 7.36. The number of sulfonamides is 1. The molecule has 0 unspecified atom stereocenters. The molecule has 0 aliphatic heterocycles. The molecule has 0 saturated heterocycles. The third-order valence-electron chi connectivity index (χ3n) is 3.07. The SMILES string of the molecule is Nc1cccnc1NS(=O)(=O)C1CCCCC1. The van der Waals surface area contributed by atoms with Crippen molar-refractivity contribution in [3.05, 3.63) is 18.3 Å². The summed E-state index contributed by atoms with van der Waals surface area (Å²) in [5.41, 5.74) is 6.02. The summed E-state index contributed by atoms with van der Waals surface area (Å²) in [5.74, 6) is 0.234. The van der Waals surface area contributed by atoms with E-state index in [1.54, 1.807) is 12.1 Å². The van der Waals surface area contributed by atoms with Gasteiger partial charge in [0, 0.05) is 6.20 Å². The van der Waals surface area contributed by atoms with Gasteiger partial charge in [0.25, 0.3) is 0 Å². The maximum atomic E-state index is 12.1. The van der Waals surface area contributed by atoms with Crippen LogP contribution in [0.25, 0.3) is 0 Å². The van der Waals surface area contributed by atoms with Crippen LogP contribution in [0.5, 0.6) is 0 Å². The van der Waals surface area contributed by atoms with E-state index < -0.39 is 10.0 Å². The second-order valence-electron chi connectivity index (χ2n) is 4.35. The fourth-order valence-electron chi connectivity index (χ4n) is 2.10. The lowest BCUT2D eigenvalue weighted by Gasteiger charge is -2.22. The highest BCUT2D eigenvalue weighted by Crippen LogP contribution is 2.25. The van der Waals surface area contributed by atoms with Crippen LogP contribution >= 0.6 is 0 Å². The third-order valence-corrected chi connectivity index (χ3v) is 4.90. The minimum atomic E-state index is -3.35. The van der Waals surface area contributed by atoms with Crippen molar-refractivity contribution in [3.8, 4) is 0 Å². The summed E-state index contributed by atoms with van der Waals surface area (Å²) < 4.78 is 26.7. The Labute approximate surface area is 101 Å². The number of anilines is 2. The van der Waals surface area contributed by atoms with E-state index in [0.29, 0.717) is 5.69 Å². The molecule has 0 aromatic carbocycles. The minimum Gasteiger partial charge on any atom is -0.396 e. The largest absolute Gasteiger partial charge is 0.396 e. The van der Waals surface area contributed by atoms with Gasteiger partial charge in [0.15, 0.2) is 5.82 Å². The fraction of sp³-hybridized carbons (Fsp3) is 0.545. The Kier molecular flexibility index (Phi) is 3.51. The number of rotatable bonds is 3. The second-order valence-corrected chi connectivity index (χ2v) is 6.31. The molecule has 1 heterocycles. The quantitative estimate of drug-likeness (QED) is 0.861. The molecular weight excluding hydrogens is 238 g/mol. The Hall–Kier alpha value is -1.30. The van der Waals surface area contributed by atoms with Gasteiger partial charge in [0.05, 0.1) is 10.9 Å². The van der Waals surface area contributed by atoms with Crippen molar-refractivity contribution in [2.24, 2.45) is 0 Å². The van der Waals surface area contributed by atoms with E-state index in [2.05, 4.69) is 9.71 Å². The first kappa shape index (κ1) is 12.2. The molecule has 1 aromatic rings. The van der Waals surface area contributed by atoms with Gasteiger partial charge in [0.2, 0.25) is 10.0 Å². The predicted octanol–water partition coefficient (Wildman–Crippen LogP) is 1.74. The molecule has 1 aliphatic rings. The first-order valence-electron chi connectivity index (χ1n) is 5.82. The van der Waals surface area contributed by atoms with E-state index in [0.717, 1.165) is 32.1 Å². The summed E-state index contributed by atoms with van der Waals surface area (Å²) in [6.45, 7) is 0. The van der Waals surface area contributed by atoms with Crippen LogP contribution < -0.4 is 10.5 Å². The molecule has 1 fully saturated rings. The van der Waals surface area contributed by atoms with Crippen LogP contribution in [0.15, 0.2) is 18.3 Å². The Morgan fingerprint density at radius 1 is 1.29 bits per heavy atom. The lowest BCUT2D eigenvalue weighted by molar-refractivity contribution is 0.486. The van der Waals surface area contributed by atoms with Gasteiger partial charge in [-0.25, -0.2) is 13.4 Å². The molecule has 0 radical (unpaired) electrons. The summed E-state index contributed by atoms with van der Waals surface area (Å²) in [6.07, 6.45) is 6.05. The van der Waals surface area contributed by atoms with E-state index in [4.69, 9.17) is 5.73 Å². The van der Waals surface area contributed by atoms with E-state index in [1.165, 1.54) is 6.20 Å². The van der Waals surface area contributed by atoms with Gasteiger partial charge in [-0.2, -0.15) is 0 Å². The number of aromatic nitrogens is 1. The highest BCUT2D eigenvalue weighted by atomic mass is 32.2. The molecule has 94 valence electrons. The fourth-order valence-corrected chi connectivity index (χ4v) is 3.66. The number of hydrogen-bond donors (Lipinski definition) is 2. The van der Waals surface area contributed by atoms with Gasteiger partial charge in [-0.1, -0.05) is 19.3 Å². The third kappa shape index (κ3) is 2.88. The number of nitrogen functional groups attached to an aromatic ring is 1. The summed E-state index contributed by atoms with van der Waals surface area (Å²) >= 11 is 0. The average Bonchev–Trinajstić information content (AvgIpc) is 2.33. The topological polar surface area (TPSA) is 85.1 Å². The molecule has 1 saturated carbocycles. The standard InChI is InChI=1S/C11H17N3O2S/c12-10-7-4-8-13-11(10)14-17(15,16)9-5-2-1-3-6-9/h4,7-9H,1-3,5-6,12H2,(H,13,14). The summed E-state index contributed by atoms with van der Waals surface area (Å²) in [7, 11) is -3.35. The maximum Gasteiger partial charge on any atom is 0.236 e. The smallest absolute Gasteiger partial charge is 0.236 e. The highest BCUT2D eigenvalue weighted by molar-refractivity contribution is 7.93. The molecule has 0 amide bonds. The second kappa shape index (κ2) is 4.91. The van der Waals surface area contributed by atoms with Crippen molar-refractivity contribution < 1.29 is 8.42 Å². The lowest BCUT2D eigenvalue weighted by atomic mass is 10.0. The van der Waals surface area contributed by atoms with Crippen LogP contribution in [-0.2, 0) is 10.0 Å². The molecule has 17 heavy (non-hydrogen) atoms. The first-order chi connectivity index (χ1) is 8.09. The van der Waals surface area contributed by atoms with E-state index in [-0.39, 0.29) is 11.1 Å². The van der Waals surface area contributed by atoms with Crippen LogP contribution in [0.1, 0.15) is 32.1 Å². The van der Waals surface area contributed by atoms with Crippen LogP contribution in [0, 0.1) is 0 Å². The predicted molar refractivity (Wildman–Crippen MR) is 68.1 cm³/mol. The number of pyridine rings is 1. The monoisotopic (exact) mass is 255 g/mol. The van der Waals surface area contributed by atoms with Crippen LogP contribution in [-0.4, -0.2) is 18.7 Å². The Bertz CT molecular complexity index is 481. The minimum absolute atomic E-state index is 0.234. The van der Waals surface area contributed by atoms with Gasteiger partial charge in [-0.3, -0.25) is 4.72 Å². The van der Waals surface area contributed by atoms with Crippen molar-refractivity contribution >= 4 is 21.5 Å². The van der Waals surface area contributed by atoms with Gasteiger partial charge >= 0.3 is 0 Å². The maximum absolute atomic E-state index is 12.1. The van der Waals surface area contributed by atoms with E-state index >= 15 is 0 Å². The Morgan fingerprint density at radius 3 is 2.65 bits per heavy atom. The normalized spacial score (nSPS) is 17.9. The van der Waals surface area contributed by atoms with Crippen molar-refractivity contribution in [3.63, 3.8) is 0 Å². The number of nitrogens with zero attached hydrogens (tertiary/aromatic N) is 1. The molecular formula is C11H17N3O2S. The van der Waals surface area contributed by atoms with E-state index in [1.807, 2.05) is 0 Å². The van der Waals surface area contributed by atoms with Gasteiger partial charge in [-0.15, -0.1) is 0 Å². The van der Waals surface area contributed by atoms with Crippen LogP contribution in [0.2, 0.25) is 0 Å². The average molecular weight is 255 g/mol. The number of hydrogen-bond acceptors (Lipinski definition) is 4. The number of nitrogens with two attached hydrogens (primary N) is 1. The molecule has 0 spiro atoms. The van der Waals surface area contributed by atoms with Crippen molar-refractivity contribution in [2.45, 2.75) is 37.4 Å². The van der Waals surface area contributed by atoms with Crippen LogP contribution in [0.4, 0.5) is 11.5 Å². The summed E-state index contributed by atoms with van der Waals surface area (Å²) in [5, 5.41) is -0.308. The highest BCUT2D eigenvalue weighted by Gasteiger charge is 2.27. The summed E-state index contributed by atoms with van der Waals surface area (Å²) in [6, 6.07) is 3.31. The molecule has 6 heteroatoms. The molecule has 0 atom stereocenters. The molecule has 0 bridgehead atoms. The zero-order valence-electron chi connectivity index (χ0n) is 9.59. The molecule has 3 N–H and O–H groups in total. The van der Waals surface area contributed by atoms with Gasteiger partial charge in [-0.05, 0) is 25.0 Å². The van der Waals surface area contributed by atoms with Gasteiger partial charge < -0.3 is 5.73 Å². The molecule has 1 aliphatic carbocycles. The molecule has 1 aromatic heterocycles. The lowest BCUT2D eigenvalue weighted by Crippen LogP contribution is -2.30. The molecule has 2 rings (SSSR count). The Balaban J connectivity index is 2.14.